The monoisotopic (exact) mass is 907 g/mol. The van der Waals surface area contributed by atoms with E-state index < -0.39 is 0 Å². The van der Waals surface area contributed by atoms with E-state index in [0.29, 0.717) is 17.5 Å². The van der Waals surface area contributed by atoms with Gasteiger partial charge in [0.1, 0.15) is 0 Å². The number of hydrogen-bond donors (Lipinski definition) is 0. The van der Waals surface area contributed by atoms with Crippen LogP contribution in [0.4, 0.5) is 0 Å². The van der Waals surface area contributed by atoms with Gasteiger partial charge in [-0.1, -0.05) is 178 Å². The van der Waals surface area contributed by atoms with Crippen molar-refractivity contribution in [3.8, 4) is 78.9 Å². The first-order valence-electron chi connectivity index (χ1n) is 24.3. The van der Waals surface area contributed by atoms with E-state index in [-0.39, 0.29) is 5.41 Å². The van der Waals surface area contributed by atoms with E-state index >= 15 is 0 Å². The lowest BCUT2D eigenvalue weighted by atomic mass is 9.82. The first kappa shape index (κ1) is 40.8. The fourth-order valence-electron chi connectivity index (χ4n) is 11.4. The van der Waals surface area contributed by atoms with Crippen LogP contribution < -0.4 is 0 Å². The third-order valence-electron chi connectivity index (χ3n) is 14.8. The lowest BCUT2D eigenvalue weighted by molar-refractivity contribution is 0.660. The van der Waals surface area contributed by atoms with Gasteiger partial charge in [-0.3, -0.25) is 0 Å². The number of para-hydroxylation sites is 2. The Morgan fingerprint density at radius 3 is 1.30 bits per heavy atom. The summed E-state index contributed by atoms with van der Waals surface area (Å²) in [6.07, 6.45) is 0. The number of rotatable bonds is 7. The van der Waals surface area contributed by atoms with Crippen LogP contribution in [0.1, 0.15) is 25.0 Å². The number of hydrogen-bond acceptors (Lipinski definition) is 3. The lowest BCUT2D eigenvalue weighted by Crippen LogP contribution is -2.14. The van der Waals surface area contributed by atoms with Crippen molar-refractivity contribution in [2.24, 2.45) is 0 Å². The minimum absolute atomic E-state index is 0.0421. The summed E-state index contributed by atoms with van der Waals surface area (Å²) in [7, 11) is 0. The molecule has 0 N–H and O–H groups in total. The van der Waals surface area contributed by atoms with Crippen molar-refractivity contribution < 1.29 is 0 Å². The molecule has 0 fully saturated rings. The second-order valence-electron chi connectivity index (χ2n) is 19.2. The molecule has 3 aromatic heterocycles. The smallest absolute Gasteiger partial charge is 0.164 e. The molecule has 0 aliphatic heterocycles. The van der Waals surface area contributed by atoms with Crippen molar-refractivity contribution in [1.29, 1.82) is 0 Å². The third-order valence-corrected chi connectivity index (χ3v) is 14.8. The quantitative estimate of drug-likeness (QED) is 0.160. The zero-order chi connectivity index (χ0) is 47.2. The van der Waals surface area contributed by atoms with Crippen LogP contribution in [0.5, 0.6) is 0 Å². The Bertz CT molecular complexity index is 4170. The summed E-state index contributed by atoms with van der Waals surface area (Å²) in [6.45, 7) is 4.69. The average molecular weight is 908 g/mol. The summed E-state index contributed by atoms with van der Waals surface area (Å²) in [4.78, 5) is 15.5. The van der Waals surface area contributed by atoms with E-state index in [1.807, 2.05) is 36.4 Å². The van der Waals surface area contributed by atoms with Gasteiger partial charge < -0.3 is 9.13 Å². The normalized spacial score (nSPS) is 12.8. The van der Waals surface area contributed by atoms with Gasteiger partial charge in [-0.2, -0.15) is 0 Å². The molecule has 1 aliphatic carbocycles. The summed E-state index contributed by atoms with van der Waals surface area (Å²) in [5.74, 6) is 1.90. The molecule has 14 rings (SSSR count). The molecule has 5 nitrogen and oxygen atoms in total. The molecule has 0 unspecified atom stereocenters. The standard InChI is InChI=1S/C66H45N5/c1-66(2)56-28-16-15-26-50(56)52-38-44(30-34-57(52)66)45-31-35-58-53(39-45)54-40-46(32-36-59(54)70(58)48-22-11-5-12-23-48)47-33-37-60-55(41-47)62-51(27-17-29-61(62)71(60)49-24-13-6-14-25-49)65-68-63(42-18-7-3-8-19-42)67-64(69-65)43-20-9-4-10-21-43/h3-41H,1-2H3. The second kappa shape index (κ2) is 15.9. The van der Waals surface area contributed by atoms with Crippen LogP contribution in [-0.2, 0) is 5.41 Å². The predicted octanol–water partition coefficient (Wildman–Crippen LogP) is 16.7. The highest BCUT2D eigenvalue weighted by molar-refractivity contribution is 6.17. The van der Waals surface area contributed by atoms with Crippen LogP contribution in [0.2, 0.25) is 0 Å². The van der Waals surface area contributed by atoms with Crippen LogP contribution in [0, 0.1) is 0 Å². The molecule has 71 heavy (non-hydrogen) atoms. The summed E-state index contributed by atoms with van der Waals surface area (Å²) in [5.41, 5.74) is 19.7. The number of benzene rings is 10. The Morgan fingerprint density at radius 2 is 0.718 bits per heavy atom. The van der Waals surface area contributed by atoms with Crippen LogP contribution in [0.15, 0.2) is 237 Å². The van der Waals surface area contributed by atoms with Gasteiger partial charge in [-0.25, -0.2) is 15.0 Å². The topological polar surface area (TPSA) is 48.5 Å². The molecule has 1 aliphatic rings. The molecular formula is C66H45N5. The van der Waals surface area contributed by atoms with Gasteiger partial charge in [-0.15, -0.1) is 0 Å². The summed E-state index contributed by atoms with van der Waals surface area (Å²) in [6, 6.07) is 85.1. The molecule has 5 heteroatoms. The summed E-state index contributed by atoms with van der Waals surface area (Å²) in [5, 5.41) is 4.63. The zero-order valence-corrected chi connectivity index (χ0v) is 39.3. The van der Waals surface area contributed by atoms with Gasteiger partial charge in [-0.05, 0) is 117 Å². The van der Waals surface area contributed by atoms with E-state index in [2.05, 4.69) is 223 Å². The highest BCUT2D eigenvalue weighted by Crippen LogP contribution is 2.50. The van der Waals surface area contributed by atoms with E-state index in [9.17, 15) is 0 Å². The van der Waals surface area contributed by atoms with Crippen molar-refractivity contribution in [2.75, 3.05) is 0 Å². The fourth-order valence-corrected chi connectivity index (χ4v) is 11.4. The molecule has 10 aromatic carbocycles. The minimum atomic E-state index is -0.0421. The number of aromatic nitrogens is 5. The molecule has 0 saturated carbocycles. The number of nitrogens with zero attached hydrogens (tertiary/aromatic N) is 5. The Morgan fingerprint density at radius 1 is 0.296 bits per heavy atom. The molecule has 0 bridgehead atoms. The molecule has 0 radical (unpaired) electrons. The molecule has 0 atom stereocenters. The Labute approximate surface area is 411 Å². The van der Waals surface area contributed by atoms with Crippen LogP contribution >= 0.6 is 0 Å². The van der Waals surface area contributed by atoms with Gasteiger partial charge in [0.2, 0.25) is 0 Å². The molecule has 334 valence electrons. The first-order chi connectivity index (χ1) is 35.0. The first-order valence-corrected chi connectivity index (χ1v) is 24.3. The molecule has 3 heterocycles. The van der Waals surface area contributed by atoms with E-state index in [4.69, 9.17) is 15.0 Å². The zero-order valence-electron chi connectivity index (χ0n) is 39.3. The van der Waals surface area contributed by atoms with Gasteiger partial charge in [0, 0.05) is 55.0 Å². The maximum Gasteiger partial charge on any atom is 0.164 e. The van der Waals surface area contributed by atoms with Gasteiger partial charge >= 0.3 is 0 Å². The predicted molar refractivity (Wildman–Crippen MR) is 293 cm³/mol. The van der Waals surface area contributed by atoms with Crippen molar-refractivity contribution in [3.05, 3.63) is 248 Å². The highest BCUT2D eigenvalue weighted by Gasteiger charge is 2.35. The van der Waals surface area contributed by atoms with Gasteiger partial charge in [0.05, 0.1) is 22.1 Å². The number of fused-ring (bicyclic) bond motifs is 9. The minimum Gasteiger partial charge on any atom is -0.309 e. The van der Waals surface area contributed by atoms with Crippen molar-refractivity contribution in [2.45, 2.75) is 19.3 Å². The Balaban J connectivity index is 0.976. The van der Waals surface area contributed by atoms with Crippen molar-refractivity contribution in [1.82, 2.24) is 24.1 Å². The van der Waals surface area contributed by atoms with E-state index in [1.165, 1.54) is 55.2 Å². The Kier molecular flexibility index (Phi) is 9.17. The maximum atomic E-state index is 5.24. The maximum absolute atomic E-state index is 5.24. The van der Waals surface area contributed by atoms with Crippen LogP contribution in [-0.4, -0.2) is 24.1 Å². The third kappa shape index (κ3) is 6.51. The van der Waals surface area contributed by atoms with E-state index in [1.54, 1.807) is 0 Å². The summed E-state index contributed by atoms with van der Waals surface area (Å²) < 4.78 is 4.77. The van der Waals surface area contributed by atoms with Crippen molar-refractivity contribution >= 4 is 43.6 Å². The largest absolute Gasteiger partial charge is 0.309 e. The van der Waals surface area contributed by atoms with E-state index in [0.717, 1.165) is 61.0 Å². The SMILES string of the molecule is CC1(C)c2ccccc2-c2cc(-c3ccc4c(c3)c3cc(-c5ccc6c(c5)c5c(-c7nc(-c8ccccc8)nc(-c8ccccc8)n7)cccc5n6-c5ccccc5)ccc3n4-c3ccccc3)ccc21. The molecular weight excluding hydrogens is 863 g/mol. The molecule has 0 spiro atoms. The molecule has 0 amide bonds. The van der Waals surface area contributed by atoms with Gasteiger partial charge in [0.15, 0.2) is 17.5 Å². The Hall–Kier alpha value is -9.19. The summed E-state index contributed by atoms with van der Waals surface area (Å²) >= 11 is 0. The fraction of sp³-hybridized carbons (Fsp3) is 0.0455. The van der Waals surface area contributed by atoms with Gasteiger partial charge in [0.25, 0.3) is 0 Å². The highest BCUT2D eigenvalue weighted by atomic mass is 15.0. The lowest BCUT2D eigenvalue weighted by Gasteiger charge is -2.21. The average Bonchev–Trinajstić information content (AvgIpc) is 4.03. The van der Waals surface area contributed by atoms with Crippen LogP contribution in [0.3, 0.4) is 0 Å². The van der Waals surface area contributed by atoms with Crippen LogP contribution in [0.25, 0.3) is 123 Å². The molecule has 0 saturated heterocycles. The molecule has 13 aromatic rings. The second-order valence-corrected chi connectivity index (χ2v) is 19.2. The van der Waals surface area contributed by atoms with Crippen molar-refractivity contribution in [3.63, 3.8) is 0 Å².